The smallest absolute Gasteiger partial charge is 0.229 e. The number of aromatic nitrogens is 2. The average molecular weight is 295 g/mol. The van der Waals surface area contributed by atoms with E-state index in [1.54, 1.807) is 0 Å². The zero-order valence-corrected chi connectivity index (χ0v) is 12.6. The molecule has 0 aliphatic heterocycles. The molecule has 2 aromatic rings. The van der Waals surface area contributed by atoms with Gasteiger partial charge in [0.2, 0.25) is 11.9 Å². The van der Waals surface area contributed by atoms with Crippen molar-refractivity contribution >= 4 is 17.6 Å². The third-order valence-corrected chi connectivity index (χ3v) is 3.88. The summed E-state index contributed by atoms with van der Waals surface area (Å²) in [5.41, 5.74) is 3.61. The second-order valence-corrected chi connectivity index (χ2v) is 5.67. The molecule has 0 spiro atoms. The maximum atomic E-state index is 12.3. The minimum atomic E-state index is -0.225. The number of rotatable bonds is 2. The van der Waals surface area contributed by atoms with Crippen LogP contribution in [0.3, 0.4) is 0 Å². The van der Waals surface area contributed by atoms with Crippen molar-refractivity contribution in [3.8, 4) is 0 Å². The predicted octanol–water partition coefficient (Wildman–Crippen LogP) is 2.66. The zero-order valence-electron chi connectivity index (χ0n) is 12.6. The molecular weight excluding hydrogens is 278 g/mol. The van der Waals surface area contributed by atoms with Crippen LogP contribution < -0.4 is 5.32 Å². The van der Waals surface area contributed by atoms with Crippen molar-refractivity contribution in [2.75, 3.05) is 5.32 Å². The van der Waals surface area contributed by atoms with Gasteiger partial charge in [0.1, 0.15) is 0 Å². The summed E-state index contributed by atoms with van der Waals surface area (Å²) in [5.74, 6) is 0.211. The summed E-state index contributed by atoms with van der Waals surface area (Å²) in [6, 6.07) is 8.23. The van der Waals surface area contributed by atoms with Gasteiger partial charge in [0, 0.05) is 19.5 Å². The zero-order chi connectivity index (χ0) is 15.7. The number of Topliss-reactive ketones (excluding diaryl/α,β-unsaturated/α-hetero) is 1. The van der Waals surface area contributed by atoms with E-state index in [-0.39, 0.29) is 23.6 Å². The maximum absolute atomic E-state index is 12.3. The predicted molar refractivity (Wildman–Crippen MR) is 82.9 cm³/mol. The normalized spacial score (nSPS) is 17.0. The molecular formula is C17H17N3O2. The number of carbonyl (C=O) groups excluding carboxylic acids is 2. The van der Waals surface area contributed by atoms with E-state index in [9.17, 15) is 9.59 Å². The van der Waals surface area contributed by atoms with E-state index >= 15 is 0 Å². The van der Waals surface area contributed by atoms with Gasteiger partial charge in [0.05, 0.1) is 11.3 Å². The number of nitrogens with zero attached hydrogens (tertiary/aromatic N) is 2. The van der Waals surface area contributed by atoms with E-state index in [2.05, 4.69) is 39.6 Å². The van der Waals surface area contributed by atoms with Gasteiger partial charge in [0.25, 0.3) is 0 Å². The molecule has 1 aromatic carbocycles. The Bertz CT molecular complexity index is 738. The minimum Gasteiger partial charge on any atom is -0.295 e. The number of carbonyl (C=O) groups is 2. The van der Waals surface area contributed by atoms with Gasteiger partial charge in [-0.15, -0.1) is 0 Å². The van der Waals surface area contributed by atoms with Gasteiger partial charge in [-0.05, 0) is 24.8 Å². The average Bonchev–Trinajstić information content (AvgIpc) is 2.47. The number of nitrogens with one attached hydrogen (secondary N) is 1. The Morgan fingerprint density at radius 1 is 1.23 bits per heavy atom. The molecule has 1 aliphatic rings. The monoisotopic (exact) mass is 295 g/mol. The number of ketones is 1. The molecule has 0 radical (unpaired) electrons. The summed E-state index contributed by atoms with van der Waals surface area (Å²) in [5, 5.41) is 2.56. The number of aryl methyl sites for hydroxylation is 1. The Hall–Kier alpha value is -2.56. The van der Waals surface area contributed by atoms with Gasteiger partial charge in [0.15, 0.2) is 5.78 Å². The summed E-state index contributed by atoms with van der Waals surface area (Å²) in [6.45, 7) is 3.45. The SMILES string of the molecule is CC(=O)Nc1ncc2c(n1)C[C@@H](c1ccc(C)cc1)CC2=O. The fraction of sp³-hybridized carbons (Fsp3) is 0.294. The van der Waals surface area contributed by atoms with Crippen molar-refractivity contribution in [3.63, 3.8) is 0 Å². The molecule has 1 atom stereocenters. The molecule has 1 aromatic heterocycles. The minimum absolute atomic E-state index is 0.0567. The highest BCUT2D eigenvalue weighted by Gasteiger charge is 2.28. The van der Waals surface area contributed by atoms with Crippen molar-refractivity contribution in [1.82, 2.24) is 9.97 Å². The first-order valence-electron chi connectivity index (χ1n) is 7.26. The van der Waals surface area contributed by atoms with Crippen LogP contribution in [-0.4, -0.2) is 21.7 Å². The molecule has 112 valence electrons. The first-order valence-corrected chi connectivity index (χ1v) is 7.26. The maximum Gasteiger partial charge on any atom is 0.229 e. The number of hydrogen-bond acceptors (Lipinski definition) is 4. The Kier molecular flexibility index (Phi) is 3.71. The van der Waals surface area contributed by atoms with Crippen molar-refractivity contribution < 1.29 is 9.59 Å². The molecule has 1 amide bonds. The van der Waals surface area contributed by atoms with E-state index < -0.39 is 0 Å². The molecule has 3 rings (SSSR count). The molecule has 0 bridgehead atoms. The molecule has 22 heavy (non-hydrogen) atoms. The van der Waals surface area contributed by atoms with E-state index in [1.807, 2.05) is 6.92 Å². The van der Waals surface area contributed by atoms with Gasteiger partial charge in [-0.2, -0.15) is 0 Å². The van der Waals surface area contributed by atoms with Crippen LogP contribution in [0.5, 0.6) is 0 Å². The molecule has 1 N–H and O–H groups in total. The number of amides is 1. The highest BCUT2D eigenvalue weighted by molar-refractivity contribution is 5.98. The fourth-order valence-electron chi connectivity index (χ4n) is 2.74. The summed E-state index contributed by atoms with van der Waals surface area (Å²) in [7, 11) is 0. The van der Waals surface area contributed by atoms with Gasteiger partial charge in [-0.1, -0.05) is 29.8 Å². The lowest BCUT2D eigenvalue weighted by atomic mass is 9.82. The molecule has 5 nitrogen and oxygen atoms in total. The second kappa shape index (κ2) is 5.67. The Morgan fingerprint density at radius 2 is 1.95 bits per heavy atom. The Balaban J connectivity index is 1.91. The summed E-state index contributed by atoms with van der Waals surface area (Å²) >= 11 is 0. The van der Waals surface area contributed by atoms with Crippen molar-refractivity contribution in [2.24, 2.45) is 0 Å². The highest BCUT2D eigenvalue weighted by Crippen LogP contribution is 2.32. The first kappa shape index (κ1) is 14.4. The molecule has 1 aliphatic carbocycles. The van der Waals surface area contributed by atoms with Crippen LogP contribution in [0.1, 0.15) is 46.4 Å². The third kappa shape index (κ3) is 2.88. The van der Waals surface area contributed by atoms with Gasteiger partial charge < -0.3 is 0 Å². The largest absolute Gasteiger partial charge is 0.295 e. The summed E-state index contributed by atoms with van der Waals surface area (Å²) < 4.78 is 0. The van der Waals surface area contributed by atoms with Crippen LogP contribution in [0.2, 0.25) is 0 Å². The van der Waals surface area contributed by atoms with Crippen molar-refractivity contribution in [2.45, 2.75) is 32.6 Å². The van der Waals surface area contributed by atoms with E-state index in [0.717, 1.165) is 5.56 Å². The Labute approximate surface area is 128 Å². The number of benzene rings is 1. The van der Waals surface area contributed by atoms with Crippen LogP contribution in [0.15, 0.2) is 30.5 Å². The fourth-order valence-corrected chi connectivity index (χ4v) is 2.74. The lowest BCUT2D eigenvalue weighted by molar-refractivity contribution is -0.114. The molecule has 0 saturated heterocycles. The third-order valence-electron chi connectivity index (χ3n) is 3.88. The van der Waals surface area contributed by atoms with Crippen molar-refractivity contribution in [1.29, 1.82) is 0 Å². The lowest BCUT2D eigenvalue weighted by Gasteiger charge is -2.23. The quantitative estimate of drug-likeness (QED) is 0.924. The number of anilines is 1. The standard InChI is InChI=1S/C17H17N3O2/c1-10-3-5-12(6-4-10)13-7-15-14(16(22)8-13)9-18-17(20-15)19-11(2)21/h3-6,9,13H,7-8H2,1-2H3,(H,18,19,20,21)/t13-/m1/s1. The second-order valence-electron chi connectivity index (χ2n) is 5.67. The van der Waals surface area contributed by atoms with Crippen molar-refractivity contribution in [3.05, 3.63) is 52.8 Å². The van der Waals surface area contributed by atoms with Crippen LogP contribution in [-0.2, 0) is 11.2 Å². The molecule has 0 unspecified atom stereocenters. The van der Waals surface area contributed by atoms with E-state index in [0.29, 0.717) is 24.1 Å². The topological polar surface area (TPSA) is 72.0 Å². The van der Waals surface area contributed by atoms with E-state index in [4.69, 9.17) is 0 Å². The molecule has 0 fully saturated rings. The number of hydrogen-bond donors (Lipinski definition) is 1. The molecule has 1 heterocycles. The van der Waals surface area contributed by atoms with Crippen LogP contribution >= 0.6 is 0 Å². The van der Waals surface area contributed by atoms with Crippen LogP contribution in [0.4, 0.5) is 5.95 Å². The van der Waals surface area contributed by atoms with Crippen LogP contribution in [0, 0.1) is 6.92 Å². The van der Waals surface area contributed by atoms with Gasteiger partial charge >= 0.3 is 0 Å². The van der Waals surface area contributed by atoms with Gasteiger partial charge in [-0.25, -0.2) is 9.97 Å². The molecule has 0 saturated carbocycles. The molecule has 5 heteroatoms. The summed E-state index contributed by atoms with van der Waals surface area (Å²) in [4.78, 5) is 31.8. The van der Waals surface area contributed by atoms with Crippen LogP contribution in [0.25, 0.3) is 0 Å². The van der Waals surface area contributed by atoms with E-state index in [1.165, 1.54) is 18.7 Å². The first-order chi connectivity index (χ1) is 10.5. The number of fused-ring (bicyclic) bond motifs is 1. The Morgan fingerprint density at radius 3 is 2.64 bits per heavy atom. The highest BCUT2D eigenvalue weighted by atomic mass is 16.1. The summed E-state index contributed by atoms with van der Waals surface area (Å²) in [6.07, 6.45) is 2.67. The lowest BCUT2D eigenvalue weighted by Crippen LogP contribution is -2.22. The van der Waals surface area contributed by atoms with Gasteiger partial charge in [-0.3, -0.25) is 14.9 Å².